The number of nitrogens with two attached hydrogens (primary N) is 1. The normalized spacial score (nSPS) is 22.6. The Morgan fingerprint density at radius 2 is 1.86 bits per heavy atom. The molecule has 2 aromatic rings. The first-order valence-electron chi connectivity index (χ1n) is 9.60. The summed E-state index contributed by atoms with van der Waals surface area (Å²) in [5.74, 6) is -1.85. The molecule has 1 aromatic heterocycles. The van der Waals surface area contributed by atoms with E-state index in [0.717, 1.165) is 18.9 Å². The van der Waals surface area contributed by atoms with Crippen LogP contribution < -0.4 is 21.9 Å². The van der Waals surface area contributed by atoms with Crippen LogP contribution in [0.25, 0.3) is 10.9 Å². The van der Waals surface area contributed by atoms with Crippen LogP contribution in [0.2, 0.25) is 0 Å². The number of benzene rings is 1. The second kappa shape index (κ2) is 6.86. The summed E-state index contributed by atoms with van der Waals surface area (Å²) in [4.78, 5) is 28.4. The molecule has 1 saturated carbocycles. The number of nitrogens with zero attached hydrogens (tertiary/aromatic N) is 2. The Morgan fingerprint density at radius 3 is 2.45 bits per heavy atom. The highest BCUT2D eigenvalue weighted by Crippen LogP contribution is 2.41. The molecule has 4 rings (SSSR count). The van der Waals surface area contributed by atoms with E-state index in [-0.39, 0.29) is 36.7 Å². The second-order valence-corrected chi connectivity index (χ2v) is 8.07. The van der Waals surface area contributed by atoms with Gasteiger partial charge in [0.2, 0.25) is 0 Å². The van der Waals surface area contributed by atoms with E-state index in [0.29, 0.717) is 11.1 Å². The number of fused-ring (bicyclic) bond motifs is 1. The van der Waals surface area contributed by atoms with Crippen LogP contribution in [0.3, 0.4) is 0 Å². The number of hydrogen-bond acceptors (Lipinski definition) is 4. The maximum atomic E-state index is 15.0. The van der Waals surface area contributed by atoms with Crippen molar-refractivity contribution in [1.29, 1.82) is 0 Å². The Morgan fingerprint density at radius 1 is 1.21 bits per heavy atom. The highest BCUT2D eigenvalue weighted by Gasteiger charge is 2.41. The van der Waals surface area contributed by atoms with Gasteiger partial charge in [0.05, 0.1) is 16.6 Å². The Kier molecular flexibility index (Phi) is 4.71. The Hall–Kier alpha value is -2.36. The summed E-state index contributed by atoms with van der Waals surface area (Å²) in [6.45, 7) is 1.88. The number of halogens is 4. The summed E-state index contributed by atoms with van der Waals surface area (Å²) < 4.78 is 55.3. The van der Waals surface area contributed by atoms with E-state index >= 15 is 4.39 Å². The zero-order valence-corrected chi connectivity index (χ0v) is 15.9. The molecule has 3 N–H and O–H groups in total. The van der Waals surface area contributed by atoms with Crippen molar-refractivity contribution in [2.24, 2.45) is 17.6 Å². The third-order valence-corrected chi connectivity index (χ3v) is 5.99. The van der Waals surface area contributed by atoms with Crippen molar-refractivity contribution in [2.75, 3.05) is 24.5 Å². The smallest absolute Gasteiger partial charge is 0.368 e. The highest BCUT2D eigenvalue weighted by atomic mass is 19.4. The van der Waals surface area contributed by atoms with E-state index in [1.807, 2.05) is 0 Å². The molecule has 1 saturated heterocycles. The van der Waals surface area contributed by atoms with Crippen LogP contribution in [0.1, 0.15) is 30.9 Å². The topological polar surface area (TPSA) is 84.1 Å². The van der Waals surface area contributed by atoms with E-state index in [1.165, 1.54) is 4.57 Å². The molecule has 1 aliphatic heterocycles. The molecule has 0 bridgehead atoms. The molecule has 158 valence electrons. The number of nitrogens with one attached hydrogen (secondary N) is 1. The van der Waals surface area contributed by atoms with Gasteiger partial charge in [-0.1, -0.05) is 0 Å². The van der Waals surface area contributed by atoms with Gasteiger partial charge in [0, 0.05) is 31.1 Å². The van der Waals surface area contributed by atoms with Gasteiger partial charge in [0.15, 0.2) is 0 Å². The number of H-pyrrole nitrogens is 1. The molecule has 2 unspecified atom stereocenters. The van der Waals surface area contributed by atoms with Crippen molar-refractivity contribution in [3.63, 3.8) is 0 Å². The lowest BCUT2D eigenvalue weighted by Gasteiger charge is -2.24. The summed E-state index contributed by atoms with van der Waals surface area (Å²) in [6.07, 6.45) is -3.75. The Balaban J connectivity index is 1.84. The van der Waals surface area contributed by atoms with Crippen LogP contribution in [0.5, 0.6) is 0 Å². The standard InChI is InChI=1S/C19H22F4N4O2/c1-9-15-13(17(28)25-18(29)27(15)12-2-3-12)4-14(20)16(9)26-7-10(5-19(21,22)23)11(6-24)8-26/h4,10-12H,2-3,5-8,24H2,1H3,(H,25,28,29). The lowest BCUT2D eigenvalue weighted by atomic mass is 9.93. The molecule has 29 heavy (non-hydrogen) atoms. The average molecular weight is 414 g/mol. The van der Waals surface area contributed by atoms with Gasteiger partial charge in [-0.3, -0.25) is 14.3 Å². The molecule has 0 amide bonds. The van der Waals surface area contributed by atoms with Crippen molar-refractivity contribution < 1.29 is 17.6 Å². The minimum absolute atomic E-state index is 0.0154. The minimum Gasteiger partial charge on any atom is -0.368 e. The number of aryl methyl sites for hydroxylation is 1. The third kappa shape index (κ3) is 3.54. The number of aromatic nitrogens is 2. The maximum absolute atomic E-state index is 15.0. The zero-order valence-electron chi connectivity index (χ0n) is 15.9. The van der Waals surface area contributed by atoms with E-state index in [9.17, 15) is 22.8 Å². The van der Waals surface area contributed by atoms with Gasteiger partial charge in [-0.25, -0.2) is 9.18 Å². The van der Waals surface area contributed by atoms with Crippen LogP contribution in [0.4, 0.5) is 23.2 Å². The van der Waals surface area contributed by atoms with Crippen molar-refractivity contribution in [2.45, 2.75) is 38.4 Å². The van der Waals surface area contributed by atoms with E-state index in [4.69, 9.17) is 5.73 Å². The molecule has 10 heteroatoms. The predicted molar refractivity (Wildman–Crippen MR) is 101 cm³/mol. The molecule has 2 aliphatic rings. The number of anilines is 1. The summed E-state index contributed by atoms with van der Waals surface area (Å²) in [5, 5.41) is 0.0664. The SMILES string of the molecule is Cc1c(N2CC(CN)C(CC(F)(F)F)C2)c(F)cc2c(=O)[nH]c(=O)n(C3CC3)c12. The van der Waals surface area contributed by atoms with E-state index in [2.05, 4.69) is 4.98 Å². The fraction of sp³-hybridized carbons (Fsp3) is 0.579. The van der Waals surface area contributed by atoms with Gasteiger partial charge < -0.3 is 10.6 Å². The van der Waals surface area contributed by atoms with Gasteiger partial charge >= 0.3 is 11.9 Å². The summed E-state index contributed by atoms with van der Waals surface area (Å²) in [7, 11) is 0. The van der Waals surface area contributed by atoms with Crippen molar-refractivity contribution >= 4 is 16.6 Å². The molecule has 0 radical (unpaired) electrons. The van der Waals surface area contributed by atoms with Gasteiger partial charge in [0.25, 0.3) is 5.56 Å². The fourth-order valence-corrected chi connectivity index (χ4v) is 4.55. The third-order valence-electron chi connectivity index (χ3n) is 5.99. The van der Waals surface area contributed by atoms with Crippen LogP contribution in [-0.4, -0.2) is 35.4 Å². The first kappa shape index (κ1) is 19.9. The van der Waals surface area contributed by atoms with Gasteiger partial charge in [-0.15, -0.1) is 0 Å². The van der Waals surface area contributed by atoms with Gasteiger partial charge in [-0.2, -0.15) is 13.2 Å². The predicted octanol–water partition coefficient (Wildman–Crippen LogP) is 2.44. The number of rotatable bonds is 4. The number of hydrogen-bond donors (Lipinski definition) is 2. The minimum atomic E-state index is -4.33. The molecule has 0 spiro atoms. The Bertz CT molecular complexity index is 1070. The molecular weight excluding hydrogens is 392 g/mol. The summed E-state index contributed by atoms with van der Waals surface area (Å²) in [5.41, 5.74) is 5.33. The lowest BCUT2D eigenvalue weighted by molar-refractivity contribution is -0.145. The monoisotopic (exact) mass is 414 g/mol. The van der Waals surface area contributed by atoms with E-state index < -0.39 is 41.5 Å². The average Bonchev–Trinajstić information content (AvgIpc) is 3.36. The van der Waals surface area contributed by atoms with Gasteiger partial charge in [0.1, 0.15) is 5.82 Å². The molecule has 2 atom stereocenters. The van der Waals surface area contributed by atoms with Crippen molar-refractivity contribution in [3.8, 4) is 0 Å². The first-order valence-corrected chi connectivity index (χ1v) is 9.60. The molecule has 2 fully saturated rings. The largest absolute Gasteiger partial charge is 0.389 e. The quantitative estimate of drug-likeness (QED) is 0.753. The van der Waals surface area contributed by atoms with Crippen LogP contribution >= 0.6 is 0 Å². The highest BCUT2D eigenvalue weighted by molar-refractivity contribution is 5.87. The maximum Gasteiger partial charge on any atom is 0.389 e. The second-order valence-electron chi connectivity index (χ2n) is 8.07. The molecule has 6 nitrogen and oxygen atoms in total. The summed E-state index contributed by atoms with van der Waals surface area (Å²) in [6, 6.07) is 1.01. The first-order chi connectivity index (χ1) is 13.6. The number of alkyl halides is 3. The molecule has 1 aliphatic carbocycles. The number of aromatic amines is 1. The van der Waals surface area contributed by atoms with Crippen LogP contribution in [-0.2, 0) is 0 Å². The van der Waals surface area contributed by atoms with Gasteiger partial charge in [-0.05, 0) is 44.2 Å². The van der Waals surface area contributed by atoms with Crippen molar-refractivity contribution in [3.05, 3.63) is 38.3 Å². The van der Waals surface area contributed by atoms with Crippen molar-refractivity contribution in [1.82, 2.24) is 9.55 Å². The fourth-order valence-electron chi connectivity index (χ4n) is 4.55. The van der Waals surface area contributed by atoms with Crippen LogP contribution in [0.15, 0.2) is 15.7 Å². The molecular formula is C19H22F4N4O2. The molecule has 1 aromatic carbocycles. The van der Waals surface area contributed by atoms with E-state index in [1.54, 1.807) is 11.8 Å². The van der Waals surface area contributed by atoms with Crippen LogP contribution in [0, 0.1) is 24.6 Å². The Labute approximate surface area is 163 Å². The zero-order chi connectivity index (χ0) is 21.1. The lowest BCUT2D eigenvalue weighted by Crippen LogP contribution is -2.31. The summed E-state index contributed by atoms with van der Waals surface area (Å²) >= 11 is 0. The molecule has 2 heterocycles.